The van der Waals surface area contributed by atoms with Crippen molar-refractivity contribution < 1.29 is 19.3 Å². The van der Waals surface area contributed by atoms with Gasteiger partial charge in [-0.25, -0.2) is 4.98 Å². The Hall–Kier alpha value is -2.87. The van der Waals surface area contributed by atoms with Crippen LogP contribution in [-0.2, 0) is 17.8 Å². The van der Waals surface area contributed by atoms with Crippen molar-refractivity contribution >= 4 is 0 Å². The second-order valence-electron chi connectivity index (χ2n) is 8.39. The van der Waals surface area contributed by atoms with E-state index in [4.69, 9.17) is 14.2 Å². The molecule has 0 aliphatic carbocycles. The van der Waals surface area contributed by atoms with E-state index < -0.39 is 5.60 Å². The van der Waals surface area contributed by atoms with E-state index in [1.165, 1.54) is 0 Å². The molecule has 1 unspecified atom stereocenters. The summed E-state index contributed by atoms with van der Waals surface area (Å²) in [4.78, 5) is 6.25. The number of aromatic nitrogens is 2. The second kappa shape index (κ2) is 10.6. The number of hydrogen-bond acceptors (Lipinski definition) is 6. The molecule has 1 N–H and O–H groups in total. The van der Waals surface area contributed by atoms with E-state index in [0.29, 0.717) is 26.3 Å². The molecule has 1 fully saturated rings. The first-order valence-corrected chi connectivity index (χ1v) is 11.0. The lowest BCUT2D eigenvalue weighted by Gasteiger charge is -2.30. The molecule has 1 aliphatic heterocycles. The van der Waals surface area contributed by atoms with Crippen LogP contribution in [0.1, 0.15) is 11.1 Å². The van der Waals surface area contributed by atoms with E-state index in [1.807, 2.05) is 54.1 Å². The molecule has 1 aromatic heterocycles. The molecule has 1 atom stereocenters. The van der Waals surface area contributed by atoms with Gasteiger partial charge in [0.05, 0.1) is 26.1 Å². The van der Waals surface area contributed by atoms with Gasteiger partial charge in [0, 0.05) is 32.0 Å². The van der Waals surface area contributed by atoms with Gasteiger partial charge in [-0.3, -0.25) is 4.90 Å². The number of aryl methyl sites for hydroxylation is 1. The van der Waals surface area contributed by atoms with Crippen LogP contribution in [0.25, 0.3) is 0 Å². The highest BCUT2D eigenvalue weighted by Crippen LogP contribution is 2.20. The molecular weight excluding hydrogens is 406 g/mol. The zero-order valence-electron chi connectivity index (χ0n) is 18.5. The van der Waals surface area contributed by atoms with Gasteiger partial charge in [0.15, 0.2) is 0 Å². The van der Waals surface area contributed by atoms with Gasteiger partial charge in [-0.15, -0.1) is 0 Å². The lowest BCUT2D eigenvalue weighted by atomic mass is 10.1. The summed E-state index contributed by atoms with van der Waals surface area (Å²) in [6.45, 7) is 6.30. The third kappa shape index (κ3) is 6.56. The molecule has 32 heavy (non-hydrogen) atoms. The molecule has 0 saturated carbocycles. The molecule has 170 valence electrons. The fraction of sp³-hybridized carbons (Fsp3) is 0.400. The first-order chi connectivity index (χ1) is 15.6. The smallest absolute Gasteiger partial charge is 0.134 e. The molecule has 4 rings (SSSR count). The number of imidazole rings is 1. The van der Waals surface area contributed by atoms with Gasteiger partial charge >= 0.3 is 0 Å². The predicted molar refractivity (Wildman–Crippen MR) is 122 cm³/mol. The Bertz CT molecular complexity index is 979. The molecule has 1 saturated heterocycles. The minimum atomic E-state index is -1.07. The van der Waals surface area contributed by atoms with Crippen molar-refractivity contribution in [1.82, 2.24) is 14.5 Å². The largest absolute Gasteiger partial charge is 0.492 e. The highest BCUT2D eigenvalue weighted by molar-refractivity contribution is 5.29. The number of ether oxygens (including phenoxy) is 3. The van der Waals surface area contributed by atoms with Crippen LogP contribution in [0.3, 0.4) is 0 Å². The van der Waals surface area contributed by atoms with Crippen molar-refractivity contribution in [2.45, 2.75) is 25.6 Å². The van der Waals surface area contributed by atoms with Crippen LogP contribution in [-0.4, -0.2) is 64.7 Å². The Kier molecular flexibility index (Phi) is 7.42. The van der Waals surface area contributed by atoms with Crippen molar-refractivity contribution in [2.24, 2.45) is 0 Å². The van der Waals surface area contributed by atoms with Crippen LogP contribution in [0.5, 0.6) is 11.5 Å². The van der Waals surface area contributed by atoms with E-state index in [0.717, 1.165) is 35.7 Å². The van der Waals surface area contributed by atoms with Crippen molar-refractivity contribution in [3.05, 3.63) is 78.4 Å². The van der Waals surface area contributed by atoms with Crippen LogP contribution >= 0.6 is 0 Å². The Morgan fingerprint density at radius 2 is 1.97 bits per heavy atom. The van der Waals surface area contributed by atoms with Gasteiger partial charge < -0.3 is 23.9 Å². The highest BCUT2D eigenvalue weighted by Gasteiger charge is 2.33. The third-order valence-electron chi connectivity index (χ3n) is 5.42. The summed E-state index contributed by atoms with van der Waals surface area (Å²) in [5.41, 5.74) is 1.19. The van der Waals surface area contributed by atoms with Gasteiger partial charge in [0.1, 0.15) is 30.3 Å². The van der Waals surface area contributed by atoms with E-state index in [-0.39, 0.29) is 13.2 Å². The zero-order chi connectivity index (χ0) is 22.2. The summed E-state index contributed by atoms with van der Waals surface area (Å²) in [6.07, 6.45) is 5.47. The van der Waals surface area contributed by atoms with E-state index >= 15 is 0 Å². The lowest BCUT2D eigenvalue weighted by molar-refractivity contribution is -0.0646. The minimum absolute atomic E-state index is 0.185. The monoisotopic (exact) mass is 437 g/mol. The highest BCUT2D eigenvalue weighted by atomic mass is 16.5. The van der Waals surface area contributed by atoms with E-state index in [2.05, 4.69) is 22.0 Å². The summed E-state index contributed by atoms with van der Waals surface area (Å²) in [5.74, 6) is 1.60. The number of benzene rings is 2. The quantitative estimate of drug-likeness (QED) is 0.555. The summed E-state index contributed by atoms with van der Waals surface area (Å²) < 4.78 is 19.5. The summed E-state index contributed by atoms with van der Waals surface area (Å²) in [5, 5.41) is 11.2. The molecule has 2 heterocycles. The number of nitrogens with zero attached hydrogens (tertiary/aromatic N) is 3. The Labute approximate surface area is 189 Å². The van der Waals surface area contributed by atoms with Crippen LogP contribution in [0.15, 0.2) is 67.3 Å². The fourth-order valence-corrected chi connectivity index (χ4v) is 3.82. The van der Waals surface area contributed by atoms with E-state index in [9.17, 15) is 5.11 Å². The Morgan fingerprint density at radius 1 is 1.12 bits per heavy atom. The number of hydrogen-bond donors (Lipinski definition) is 1. The third-order valence-corrected chi connectivity index (χ3v) is 5.42. The number of rotatable bonds is 9. The van der Waals surface area contributed by atoms with Gasteiger partial charge in [0.25, 0.3) is 0 Å². The maximum absolute atomic E-state index is 11.2. The van der Waals surface area contributed by atoms with Crippen LogP contribution in [0, 0.1) is 6.92 Å². The molecule has 0 spiro atoms. The fourth-order valence-electron chi connectivity index (χ4n) is 3.82. The second-order valence-corrected chi connectivity index (χ2v) is 8.39. The van der Waals surface area contributed by atoms with E-state index in [1.54, 1.807) is 12.5 Å². The van der Waals surface area contributed by atoms with Crippen LogP contribution in [0.2, 0.25) is 0 Å². The van der Waals surface area contributed by atoms with Gasteiger partial charge in [0.2, 0.25) is 0 Å². The van der Waals surface area contributed by atoms with Crippen molar-refractivity contribution in [3.63, 3.8) is 0 Å². The molecule has 0 radical (unpaired) electrons. The standard InChI is InChI=1S/C25H31N3O4/c1-21-4-2-6-23(14-21)32-19-25(29)17-28(10-12-30-18-25)16-22-5-3-7-24(15-22)31-13-11-27-9-8-26-20-27/h2-9,14-15,20,29H,10-13,16-19H2,1H3. The average Bonchev–Trinajstić information content (AvgIpc) is 3.22. The normalized spacial score (nSPS) is 19.4. The lowest BCUT2D eigenvalue weighted by Crippen LogP contribution is -2.48. The average molecular weight is 438 g/mol. The molecule has 3 aromatic rings. The van der Waals surface area contributed by atoms with Crippen molar-refractivity contribution in [3.8, 4) is 11.5 Å². The molecule has 0 amide bonds. The van der Waals surface area contributed by atoms with Crippen LogP contribution < -0.4 is 9.47 Å². The number of β-amino-alcohol motifs (C(OH)–C–C–N with tert-alkyl or cyclic N) is 1. The predicted octanol–water partition coefficient (Wildman–Crippen LogP) is 2.91. The molecule has 7 heteroatoms. The summed E-state index contributed by atoms with van der Waals surface area (Å²) >= 11 is 0. The first-order valence-electron chi connectivity index (χ1n) is 11.0. The minimum Gasteiger partial charge on any atom is -0.492 e. The van der Waals surface area contributed by atoms with Gasteiger partial charge in [-0.1, -0.05) is 24.3 Å². The van der Waals surface area contributed by atoms with Crippen molar-refractivity contribution in [2.75, 3.05) is 39.5 Å². The summed E-state index contributed by atoms with van der Waals surface area (Å²) in [7, 11) is 0. The summed E-state index contributed by atoms with van der Waals surface area (Å²) in [6, 6.07) is 16.0. The molecule has 7 nitrogen and oxygen atoms in total. The van der Waals surface area contributed by atoms with Crippen molar-refractivity contribution in [1.29, 1.82) is 0 Å². The first kappa shape index (κ1) is 22.3. The molecule has 2 aromatic carbocycles. The van der Waals surface area contributed by atoms with Crippen LogP contribution in [0.4, 0.5) is 0 Å². The Balaban J connectivity index is 1.32. The maximum atomic E-state index is 11.2. The zero-order valence-corrected chi connectivity index (χ0v) is 18.5. The molecular formula is C25H31N3O4. The Morgan fingerprint density at radius 3 is 2.78 bits per heavy atom. The SMILES string of the molecule is Cc1cccc(OCC2(O)COCCN(Cc3cccc(OCCn4ccnc4)c3)C2)c1. The van der Waals surface area contributed by atoms with Gasteiger partial charge in [-0.2, -0.15) is 0 Å². The van der Waals surface area contributed by atoms with Gasteiger partial charge in [-0.05, 0) is 42.3 Å². The maximum Gasteiger partial charge on any atom is 0.134 e. The molecule has 1 aliphatic rings. The molecule has 0 bridgehead atoms. The number of aliphatic hydroxyl groups is 1. The topological polar surface area (TPSA) is 69.0 Å².